The Balaban J connectivity index is 2.40. The summed E-state index contributed by atoms with van der Waals surface area (Å²) in [6.07, 6.45) is -1.66. The SMILES string of the molecule is CC(=O)SC[C@H]1CN(C(=O)O)C[C@@H]1O. The van der Waals surface area contributed by atoms with Gasteiger partial charge in [0.05, 0.1) is 12.6 Å². The van der Waals surface area contributed by atoms with Crippen LogP contribution < -0.4 is 0 Å². The fraction of sp³-hybridized carbons (Fsp3) is 0.750. The van der Waals surface area contributed by atoms with Crippen LogP contribution in [0, 0.1) is 5.92 Å². The van der Waals surface area contributed by atoms with Gasteiger partial charge in [-0.15, -0.1) is 0 Å². The van der Waals surface area contributed by atoms with Gasteiger partial charge >= 0.3 is 6.09 Å². The summed E-state index contributed by atoms with van der Waals surface area (Å²) < 4.78 is 0. The van der Waals surface area contributed by atoms with Crippen molar-refractivity contribution >= 4 is 23.0 Å². The van der Waals surface area contributed by atoms with Crippen molar-refractivity contribution in [3.8, 4) is 0 Å². The lowest BCUT2D eigenvalue weighted by Crippen LogP contribution is -2.27. The molecule has 1 aliphatic heterocycles. The highest BCUT2D eigenvalue weighted by atomic mass is 32.2. The van der Waals surface area contributed by atoms with Crippen molar-refractivity contribution < 1.29 is 19.8 Å². The molecule has 14 heavy (non-hydrogen) atoms. The Labute approximate surface area is 86.1 Å². The molecular weight excluding hydrogens is 206 g/mol. The Morgan fingerprint density at radius 2 is 2.14 bits per heavy atom. The van der Waals surface area contributed by atoms with Crippen molar-refractivity contribution in [1.82, 2.24) is 4.90 Å². The minimum Gasteiger partial charge on any atom is -0.465 e. The van der Waals surface area contributed by atoms with E-state index in [2.05, 4.69) is 0 Å². The predicted octanol–water partition coefficient (Wildman–Crippen LogP) is 0.237. The van der Waals surface area contributed by atoms with E-state index in [1.807, 2.05) is 0 Å². The molecule has 0 saturated carbocycles. The molecule has 0 bridgehead atoms. The molecule has 5 nitrogen and oxygen atoms in total. The molecule has 1 fully saturated rings. The summed E-state index contributed by atoms with van der Waals surface area (Å²) in [7, 11) is 0. The first-order valence-electron chi connectivity index (χ1n) is 4.30. The third kappa shape index (κ3) is 2.88. The molecule has 0 aromatic heterocycles. The maximum atomic E-state index is 10.7. The highest BCUT2D eigenvalue weighted by molar-refractivity contribution is 8.13. The van der Waals surface area contributed by atoms with Crippen molar-refractivity contribution in [2.75, 3.05) is 18.8 Å². The van der Waals surface area contributed by atoms with Gasteiger partial charge in [-0.2, -0.15) is 0 Å². The molecular formula is C8H13NO4S. The molecule has 0 aromatic carbocycles. The Morgan fingerprint density at radius 3 is 2.57 bits per heavy atom. The number of likely N-dealkylation sites (tertiary alicyclic amines) is 1. The number of nitrogens with zero attached hydrogens (tertiary/aromatic N) is 1. The molecule has 0 aliphatic carbocycles. The second-order valence-corrected chi connectivity index (χ2v) is 4.51. The van der Waals surface area contributed by atoms with Gasteiger partial charge in [-0.1, -0.05) is 11.8 Å². The lowest BCUT2D eigenvalue weighted by Gasteiger charge is -2.11. The van der Waals surface area contributed by atoms with E-state index in [0.29, 0.717) is 12.3 Å². The van der Waals surface area contributed by atoms with Crippen LogP contribution in [0.4, 0.5) is 4.79 Å². The average molecular weight is 219 g/mol. The number of hydrogen-bond acceptors (Lipinski definition) is 4. The Kier molecular flexibility index (Phi) is 3.77. The molecule has 1 saturated heterocycles. The second-order valence-electron chi connectivity index (χ2n) is 3.32. The predicted molar refractivity (Wildman–Crippen MR) is 52.2 cm³/mol. The van der Waals surface area contributed by atoms with Crippen LogP contribution in [0.25, 0.3) is 0 Å². The first kappa shape index (κ1) is 11.3. The summed E-state index contributed by atoms with van der Waals surface area (Å²) in [5, 5.41) is 18.2. The Hall–Kier alpha value is -0.750. The van der Waals surface area contributed by atoms with Gasteiger partial charge in [0, 0.05) is 25.1 Å². The lowest BCUT2D eigenvalue weighted by molar-refractivity contribution is -0.109. The van der Waals surface area contributed by atoms with E-state index in [1.165, 1.54) is 11.8 Å². The zero-order valence-electron chi connectivity index (χ0n) is 7.84. The van der Waals surface area contributed by atoms with Crippen molar-refractivity contribution in [2.24, 2.45) is 5.92 Å². The van der Waals surface area contributed by atoms with Gasteiger partial charge in [0.25, 0.3) is 0 Å². The average Bonchev–Trinajstić information content (AvgIpc) is 2.43. The highest BCUT2D eigenvalue weighted by Crippen LogP contribution is 2.21. The third-order valence-corrected chi connectivity index (χ3v) is 3.18. The summed E-state index contributed by atoms with van der Waals surface area (Å²) in [6.45, 7) is 1.93. The normalized spacial score (nSPS) is 26.6. The number of aliphatic hydroxyl groups excluding tert-OH is 1. The first-order valence-corrected chi connectivity index (χ1v) is 5.28. The van der Waals surface area contributed by atoms with Crippen LogP contribution in [-0.2, 0) is 4.79 Å². The summed E-state index contributed by atoms with van der Waals surface area (Å²) in [5.41, 5.74) is 0. The number of aliphatic hydroxyl groups is 1. The van der Waals surface area contributed by atoms with Crippen LogP contribution in [0.1, 0.15) is 6.92 Å². The molecule has 6 heteroatoms. The van der Waals surface area contributed by atoms with Gasteiger partial charge < -0.3 is 15.1 Å². The molecule has 0 aromatic rings. The van der Waals surface area contributed by atoms with Gasteiger partial charge in [-0.25, -0.2) is 4.79 Å². The van der Waals surface area contributed by atoms with Crippen molar-refractivity contribution in [3.05, 3.63) is 0 Å². The van der Waals surface area contributed by atoms with Gasteiger partial charge in [0.1, 0.15) is 0 Å². The number of thioether (sulfide) groups is 1. The molecule has 1 rings (SSSR count). The number of carbonyl (C=O) groups is 2. The monoisotopic (exact) mass is 219 g/mol. The quantitative estimate of drug-likeness (QED) is 0.695. The lowest BCUT2D eigenvalue weighted by atomic mass is 10.1. The summed E-state index contributed by atoms with van der Waals surface area (Å²) in [6, 6.07) is 0. The summed E-state index contributed by atoms with van der Waals surface area (Å²) in [5.74, 6) is 0.361. The van der Waals surface area contributed by atoms with E-state index in [9.17, 15) is 14.7 Å². The fourth-order valence-corrected chi connectivity index (χ4v) is 2.17. The Bertz CT molecular complexity index is 245. The Morgan fingerprint density at radius 1 is 1.50 bits per heavy atom. The van der Waals surface area contributed by atoms with E-state index in [-0.39, 0.29) is 17.6 Å². The van der Waals surface area contributed by atoms with E-state index in [4.69, 9.17) is 5.11 Å². The maximum absolute atomic E-state index is 10.7. The number of β-amino-alcohol motifs (C(OH)–C–C–N with tert-alkyl or cyclic N) is 1. The summed E-state index contributed by atoms with van der Waals surface area (Å²) in [4.78, 5) is 22.4. The van der Waals surface area contributed by atoms with Gasteiger partial charge in [0.15, 0.2) is 5.12 Å². The van der Waals surface area contributed by atoms with Gasteiger partial charge in [-0.05, 0) is 0 Å². The molecule has 0 spiro atoms. The van der Waals surface area contributed by atoms with Crippen molar-refractivity contribution in [1.29, 1.82) is 0 Å². The van der Waals surface area contributed by atoms with Gasteiger partial charge in [-0.3, -0.25) is 4.79 Å². The third-order valence-electron chi connectivity index (χ3n) is 2.18. The minimum atomic E-state index is -1.01. The number of carboxylic acid groups (broad SMARTS) is 1. The number of rotatable bonds is 2. The molecule has 2 atom stereocenters. The number of amides is 1. The second kappa shape index (κ2) is 4.65. The van der Waals surface area contributed by atoms with E-state index >= 15 is 0 Å². The number of hydrogen-bond donors (Lipinski definition) is 2. The topological polar surface area (TPSA) is 77.8 Å². The van der Waals surface area contributed by atoms with E-state index < -0.39 is 12.2 Å². The zero-order chi connectivity index (χ0) is 10.7. The fourth-order valence-electron chi connectivity index (χ4n) is 1.40. The number of carbonyl (C=O) groups excluding carboxylic acids is 1. The molecule has 80 valence electrons. The van der Waals surface area contributed by atoms with E-state index in [0.717, 1.165) is 11.8 Å². The highest BCUT2D eigenvalue weighted by Gasteiger charge is 2.33. The van der Waals surface area contributed by atoms with Crippen LogP contribution in [0.15, 0.2) is 0 Å². The van der Waals surface area contributed by atoms with Gasteiger partial charge in [0.2, 0.25) is 0 Å². The standard InChI is InChI=1S/C8H13NO4S/c1-5(10)14-4-6-2-9(8(12)13)3-7(6)11/h6-7,11H,2-4H2,1H3,(H,12,13)/t6-,7+/m1/s1. The zero-order valence-corrected chi connectivity index (χ0v) is 8.66. The first-order chi connectivity index (χ1) is 6.50. The maximum Gasteiger partial charge on any atom is 0.407 e. The van der Waals surface area contributed by atoms with Crippen molar-refractivity contribution in [2.45, 2.75) is 13.0 Å². The molecule has 2 N–H and O–H groups in total. The minimum absolute atomic E-state index is 0.00836. The molecule has 0 radical (unpaired) electrons. The molecule has 1 aliphatic rings. The molecule has 1 amide bonds. The molecule has 1 heterocycles. The van der Waals surface area contributed by atoms with Crippen LogP contribution in [-0.4, -0.2) is 51.3 Å². The largest absolute Gasteiger partial charge is 0.465 e. The van der Waals surface area contributed by atoms with E-state index in [1.54, 1.807) is 0 Å². The van der Waals surface area contributed by atoms with Crippen LogP contribution >= 0.6 is 11.8 Å². The van der Waals surface area contributed by atoms with Crippen LogP contribution in [0.5, 0.6) is 0 Å². The van der Waals surface area contributed by atoms with Crippen molar-refractivity contribution in [3.63, 3.8) is 0 Å². The summed E-state index contributed by atoms with van der Waals surface area (Å²) >= 11 is 1.13. The smallest absolute Gasteiger partial charge is 0.407 e. The van der Waals surface area contributed by atoms with Crippen LogP contribution in [0.2, 0.25) is 0 Å². The molecule has 0 unspecified atom stereocenters. The van der Waals surface area contributed by atoms with Crippen LogP contribution in [0.3, 0.4) is 0 Å².